The number of piperidine rings is 1. The van der Waals surface area contributed by atoms with Crippen molar-refractivity contribution in [3.63, 3.8) is 0 Å². The monoisotopic (exact) mass is 352 g/mol. The van der Waals surface area contributed by atoms with Crippen LogP contribution < -0.4 is 5.32 Å². The van der Waals surface area contributed by atoms with Crippen LogP contribution in [0.3, 0.4) is 0 Å². The average Bonchev–Trinajstić information content (AvgIpc) is 3.04. The number of carbonyl (C=O) groups is 1. The Kier molecular flexibility index (Phi) is 4.90. The van der Waals surface area contributed by atoms with Gasteiger partial charge in [-0.1, -0.05) is 23.2 Å². The lowest BCUT2D eigenvalue weighted by Crippen LogP contribution is -2.46. The highest BCUT2D eigenvalue weighted by atomic mass is 35.5. The van der Waals surface area contributed by atoms with Crippen molar-refractivity contribution in [2.24, 2.45) is 0 Å². The lowest BCUT2D eigenvalue weighted by Gasteiger charge is -2.32. The van der Waals surface area contributed by atoms with Crippen LogP contribution in [-0.2, 0) is 0 Å². The number of nitrogens with zero attached hydrogens (tertiary/aromatic N) is 3. The lowest BCUT2D eigenvalue weighted by atomic mass is 10.1. The van der Waals surface area contributed by atoms with Gasteiger partial charge in [-0.2, -0.15) is 5.10 Å². The molecule has 122 valence electrons. The van der Waals surface area contributed by atoms with E-state index < -0.39 is 0 Å². The number of carbonyl (C=O) groups excluding carboxylic acids is 1. The molecule has 1 N–H and O–H groups in total. The quantitative estimate of drug-likeness (QED) is 0.923. The molecule has 0 radical (unpaired) electrons. The third kappa shape index (κ3) is 3.52. The highest BCUT2D eigenvalue weighted by Gasteiger charge is 2.24. The van der Waals surface area contributed by atoms with Crippen LogP contribution in [0.15, 0.2) is 30.6 Å². The highest BCUT2D eigenvalue weighted by molar-refractivity contribution is 6.35. The summed E-state index contributed by atoms with van der Waals surface area (Å²) in [5.41, 5.74) is 1.26. The second-order valence-electron chi connectivity index (χ2n) is 5.65. The molecule has 2 heterocycles. The van der Waals surface area contributed by atoms with Gasteiger partial charge in [0.2, 0.25) is 0 Å². The number of nitrogens with one attached hydrogen (secondary N) is 1. The summed E-state index contributed by atoms with van der Waals surface area (Å²) in [5, 5.41) is 8.55. The minimum Gasteiger partial charge on any atom is -0.337 e. The van der Waals surface area contributed by atoms with Gasteiger partial charge in [0, 0.05) is 30.4 Å². The number of halogens is 2. The molecule has 1 aliphatic heterocycles. The van der Waals surface area contributed by atoms with Gasteiger partial charge in [-0.15, -0.1) is 0 Å². The summed E-state index contributed by atoms with van der Waals surface area (Å²) in [6.45, 7) is 1.51. The fourth-order valence-corrected chi connectivity index (χ4v) is 3.31. The number of amides is 1. The summed E-state index contributed by atoms with van der Waals surface area (Å²) in [6, 6.07) is 5.54. The first kappa shape index (κ1) is 16.3. The van der Waals surface area contributed by atoms with E-state index in [-0.39, 0.29) is 5.91 Å². The van der Waals surface area contributed by atoms with Crippen LogP contribution in [0.25, 0.3) is 5.69 Å². The molecule has 2 aromatic rings. The Hall–Kier alpha value is -1.56. The molecule has 3 rings (SSSR count). The number of aromatic nitrogens is 2. The van der Waals surface area contributed by atoms with Gasteiger partial charge in [-0.25, -0.2) is 4.68 Å². The minimum absolute atomic E-state index is 0.00119. The zero-order valence-corrected chi connectivity index (χ0v) is 14.3. The van der Waals surface area contributed by atoms with Crippen molar-refractivity contribution in [2.75, 3.05) is 20.1 Å². The van der Waals surface area contributed by atoms with Crippen LogP contribution in [-0.4, -0.2) is 46.8 Å². The number of likely N-dealkylation sites (tertiary alicyclic amines) is 1. The maximum absolute atomic E-state index is 12.6. The molecule has 1 aromatic heterocycles. The molecule has 5 nitrogen and oxygen atoms in total. The van der Waals surface area contributed by atoms with Gasteiger partial charge in [0.25, 0.3) is 5.91 Å². The van der Waals surface area contributed by atoms with E-state index >= 15 is 0 Å². The first-order valence-electron chi connectivity index (χ1n) is 7.55. The number of hydrogen-bond acceptors (Lipinski definition) is 3. The van der Waals surface area contributed by atoms with Crippen LogP contribution >= 0.6 is 23.2 Å². The Morgan fingerprint density at radius 1 is 1.39 bits per heavy atom. The van der Waals surface area contributed by atoms with Crippen molar-refractivity contribution in [2.45, 2.75) is 18.9 Å². The lowest BCUT2D eigenvalue weighted by molar-refractivity contribution is 0.0698. The van der Waals surface area contributed by atoms with Gasteiger partial charge in [-0.3, -0.25) is 4.79 Å². The molecule has 0 aliphatic carbocycles. The summed E-state index contributed by atoms with van der Waals surface area (Å²) in [7, 11) is 1.93. The van der Waals surface area contributed by atoms with Crippen LogP contribution in [0.1, 0.15) is 23.2 Å². The van der Waals surface area contributed by atoms with E-state index in [0.717, 1.165) is 25.9 Å². The van der Waals surface area contributed by atoms with Crippen molar-refractivity contribution >= 4 is 29.1 Å². The van der Waals surface area contributed by atoms with Crippen LogP contribution in [0.2, 0.25) is 10.0 Å². The molecule has 1 aromatic carbocycles. The largest absolute Gasteiger partial charge is 0.337 e. The maximum Gasteiger partial charge on any atom is 0.257 e. The Bertz CT molecular complexity index is 716. The topological polar surface area (TPSA) is 50.2 Å². The third-order valence-corrected chi connectivity index (χ3v) is 4.64. The van der Waals surface area contributed by atoms with Gasteiger partial charge in [-0.05, 0) is 38.1 Å². The summed E-state index contributed by atoms with van der Waals surface area (Å²) >= 11 is 12.1. The second kappa shape index (κ2) is 6.91. The molecule has 7 heteroatoms. The van der Waals surface area contributed by atoms with E-state index in [4.69, 9.17) is 23.2 Å². The van der Waals surface area contributed by atoms with Crippen molar-refractivity contribution in [3.05, 3.63) is 46.2 Å². The van der Waals surface area contributed by atoms with Gasteiger partial charge in [0.15, 0.2) is 0 Å². The Morgan fingerprint density at radius 3 is 2.96 bits per heavy atom. The van der Waals surface area contributed by atoms with E-state index in [1.807, 2.05) is 11.9 Å². The molecule has 1 aliphatic rings. The minimum atomic E-state index is 0.00119. The molecule has 0 unspecified atom stereocenters. The fourth-order valence-electron chi connectivity index (χ4n) is 2.81. The van der Waals surface area contributed by atoms with E-state index in [2.05, 4.69) is 10.4 Å². The number of rotatable bonds is 3. The smallest absolute Gasteiger partial charge is 0.257 e. The molecule has 1 amide bonds. The SMILES string of the molecule is CN[C@H]1CCCN(C(=O)c2cnn(-c3ccc(Cl)cc3Cl)c2)C1. The third-order valence-electron chi connectivity index (χ3n) is 4.10. The molecule has 1 fully saturated rings. The standard InChI is InChI=1S/C16H18Cl2N4O/c1-19-13-3-2-6-21(10-13)16(23)11-8-20-22(9-11)15-5-4-12(17)7-14(15)18/h4-5,7-9,13,19H,2-3,6,10H2,1H3/t13-/m0/s1. The predicted octanol–water partition coefficient (Wildman–Crippen LogP) is 3.00. The van der Waals surface area contributed by atoms with Crippen molar-refractivity contribution < 1.29 is 4.79 Å². The van der Waals surface area contributed by atoms with Crippen LogP contribution in [0, 0.1) is 0 Å². The van der Waals surface area contributed by atoms with Crippen LogP contribution in [0.5, 0.6) is 0 Å². The summed E-state index contributed by atoms with van der Waals surface area (Å²) in [4.78, 5) is 14.5. The Balaban J connectivity index is 1.80. The van der Waals surface area contributed by atoms with Crippen LogP contribution in [0.4, 0.5) is 0 Å². The summed E-state index contributed by atoms with van der Waals surface area (Å²) in [6.07, 6.45) is 5.39. The molecule has 1 atom stereocenters. The predicted molar refractivity (Wildman–Crippen MR) is 91.6 cm³/mol. The zero-order valence-electron chi connectivity index (χ0n) is 12.8. The second-order valence-corrected chi connectivity index (χ2v) is 6.49. The zero-order chi connectivity index (χ0) is 16.4. The molecular weight excluding hydrogens is 335 g/mol. The molecule has 23 heavy (non-hydrogen) atoms. The highest BCUT2D eigenvalue weighted by Crippen LogP contribution is 2.24. The first-order valence-corrected chi connectivity index (χ1v) is 8.30. The molecule has 1 saturated heterocycles. The first-order chi connectivity index (χ1) is 11.1. The Labute approximate surface area is 145 Å². The number of hydrogen-bond donors (Lipinski definition) is 1. The maximum atomic E-state index is 12.6. The summed E-state index contributed by atoms with van der Waals surface area (Å²) < 4.78 is 1.60. The number of benzene rings is 1. The molecule has 0 saturated carbocycles. The van der Waals surface area contributed by atoms with Gasteiger partial charge < -0.3 is 10.2 Å². The van der Waals surface area contributed by atoms with Gasteiger partial charge in [0.1, 0.15) is 0 Å². The number of likely N-dealkylation sites (N-methyl/N-ethyl adjacent to an activating group) is 1. The van der Waals surface area contributed by atoms with Gasteiger partial charge in [0.05, 0.1) is 22.5 Å². The van der Waals surface area contributed by atoms with E-state index in [1.54, 1.807) is 35.3 Å². The van der Waals surface area contributed by atoms with E-state index in [9.17, 15) is 4.79 Å². The average molecular weight is 353 g/mol. The fraction of sp³-hybridized carbons (Fsp3) is 0.375. The Morgan fingerprint density at radius 2 is 2.22 bits per heavy atom. The molecule has 0 spiro atoms. The van der Waals surface area contributed by atoms with E-state index in [0.29, 0.717) is 27.3 Å². The van der Waals surface area contributed by atoms with E-state index in [1.165, 1.54) is 0 Å². The van der Waals surface area contributed by atoms with Crippen molar-refractivity contribution in [1.82, 2.24) is 20.0 Å². The van der Waals surface area contributed by atoms with Crippen molar-refractivity contribution in [3.8, 4) is 5.69 Å². The normalized spacial score (nSPS) is 18.2. The summed E-state index contributed by atoms with van der Waals surface area (Å²) in [5.74, 6) is 0.00119. The molecule has 0 bridgehead atoms. The van der Waals surface area contributed by atoms with Gasteiger partial charge >= 0.3 is 0 Å². The van der Waals surface area contributed by atoms with Crippen molar-refractivity contribution in [1.29, 1.82) is 0 Å². The molecular formula is C16H18Cl2N4O.